The minimum absolute atomic E-state index is 0.144. The SMILES string of the molecule is CCC(=O)C1CC(c2ccnc3cnc4[nH]ccc4c23)CCN1N1CCC(C)(O)C1. The molecule has 0 radical (unpaired) electrons. The van der Waals surface area contributed by atoms with Crippen molar-refractivity contribution in [2.75, 3.05) is 19.6 Å². The lowest BCUT2D eigenvalue weighted by Crippen LogP contribution is -2.55. The molecule has 2 aliphatic rings. The van der Waals surface area contributed by atoms with Crippen LogP contribution in [0, 0.1) is 0 Å². The minimum atomic E-state index is -0.676. The largest absolute Gasteiger partial charge is 0.389 e. The van der Waals surface area contributed by atoms with Gasteiger partial charge in [0.25, 0.3) is 0 Å². The maximum Gasteiger partial charge on any atom is 0.151 e. The average molecular weight is 408 g/mol. The number of nitrogens with one attached hydrogen (secondary N) is 1. The lowest BCUT2D eigenvalue weighted by atomic mass is 9.82. The number of aromatic amines is 1. The number of hydrogen-bond donors (Lipinski definition) is 2. The fourth-order valence-corrected chi connectivity index (χ4v) is 5.27. The molecule has 7 heteroatoms. The average Bonchev–Trinajstić information content (AvgIpc) is 3.38. The number of nitrogens with zero attached hydrogens (tertiary/aromatic N) is 4. The van der Waals surface area contributed by atoms with Gasteiger partial charge in [0.1, 0.15) is 5.65 Å². The summed E-state index contributed by atoms with van der Waals surface area (Å²) in [5.74, 6) is 0.564. The van der Waals surface area contributed by atoms with Gasteiger partial charge in [-0.2, -0.15) is 0 Å². The number of H-pyrrole nitrogens is 1. The van der Waals surface area contributed by atoms with E-state index in [-0.39, 0.29) is 17.7 Å². The van der Waals surface area contributed by atoms with Gasteiger partial charge in [-0.3, -0.25) is 9.78 Å². The molecule has 3 atom stereocenters. The summed E-state index contributed by atoms with van der Waals surface area (Å²) in [6.45, 7) is 6.05. The van der Waals surface area contributed by atoms with E-state index in [1.807, 2.05) is 32.4 Å². The molecule has 30 heavy (non-hydrogen) atoms. The summed E-state index contributed by atoms with van der Waals surface area (Å²) in [5, 5.41) is 17.1. The Labute approximate surface area is 176 Å². The minimum Gasteiger partial charge on any atom is -0.389 e. The van der Waals surface area contributed by atoms with E-state index >= 15 is 0 Å². The third-order valence-electron chi connectivity index (χ3n) is 6.85. The van der Waals surface area contributed by atoms with Crippen molar-refractivity contribution in [3.05, 3.63) is 36.3 Å². The van der Waals surface area contributed by atoms with Crippen molar-refractivity contribution >= 4 is 27.7 Å². The number of aromatic nitrogens is 3. The Morgan fingerprint density at radius 1 is 1.33 bits per heavy atom. The molecule has 2 saturated heterocycles. The van der Waals surface area contributed by atoms with Gasteiger partial charge in [-0.25, -0.2) is 15.0 Å². The van der Waals surface area contributed by atoms with Crippen LogP contribution in [0.3, 0.4) is 0 Å². The molecule has 0 bridgehead atoms. The second-order valence-corrected chi connectivity index (χ2v) is 9.01. The van der Waals surface area contributed by atoms with Crippen LogP contribution in [0.5, 0.6) is 0 Å². The van der Waals surface area contributed by atoms with Crippen LogP contribution in [0.2, 0.25) is 0 Å². The van der Waals surface area contributed by atoms with Crippen molar-refractivity contribution < 1.29 is 9.90 Å². The highest BCUT2D eigenvalue weighted by molar-refractivity contribution is 6.05. The number of piperidine rings is 1. The van der Waals surface area contributed by atoms with Crippen LogP contribution in [0.1, 0.15) is 51.0 Å². The zero-order valence-electron chi connectivity index (χ0n) is 17.6. The van der Waals surface area contributed by atoms with Crippen molar-refractivity contribution in [3.8, 4) is 0 Å². The number of pyridine rings is 2. The van der Waals surface area contributed by atoms with Crippen LogP contribution in [0.25, 0.3) is 21.9 Å². The first-order valence-electron chi connectivity index (χ1n) is 10.9. The fraction of sp³-hybridized carbons (Fsp3) is 0.522. The summed E-state index contributed by atoms with van der Waals surface area (Å²) in [7, 11) is 0. The van der Waals surface area contributed by atoms with E-state index in [0.29, 0.717) is 13.0 Å². The van der Waals surface area contributed by atoms with Gasteiger partial charge in [-0.1, -0.05) is 6.92 Å². The second kappa shape index (κ2) is 7.41. The van der Waals surface area contributed by atoms with Crippen molar-refractivity contribution in [1.29, 1.82) is 0 Å². The molecular formula is C23H29N5O2. The summed E-state index contributed by atoms with van der Waals surface area (Å²) in [4.78, 5) is 25.2. The summed E-state index contributed by atoms with van der Waals surface area (Å²) >= 11 is 0. The van der Waals surface area contributed by atoms with Crippen LogP contribution in [-0.2, 0) is 4.79 Å². The highest BCUT2D eigenvalue weighted by Gasteiger charge is 2.41. The van der Waals surface area contributed by atoms with E-state index in [4.69, 9.17) is 0 Å². The highest BCUT2D eigenvalue weighted by Crippen LogP contribution is 2.39. The van der Waals surface area contributed by atoms with Crippen molar-refractivity contribution in [1.82, 2.24) is 25.0 Å². The summed E-state index contributed by atoms with van der Waals surface area (Å²) < 4.78 is 0. The predicted molar refractivity (Wildman–Crippen MR) is 116 cm³/mol. The van der Waals surface area contributed by atoms with E-state index in [9.17, 15) is 9.90 Å². The molecule has 2 N–H and O–H groups in total. The number of Topliss-reactive ketones (excluding diaryl/α,β-unsaturated/α-hetero) is 1. The van der Waals surface area contributed by atoms with Gasteiger partial charge < -0.3 is 10.1 Å². The van der Waals surface area contributed by atoms with Crippen molar-refractivity contribution in [3.63, 3.8) is 0 Å². The fourth-order valence-electron chi connectivity index (χ4n) is 5.27. The molecule has 5 heterocycles. The number of fused-ring (bicyclic) bond motifs is 3. The maximum atomic E-state index is 12.9. The van der Waals surface area contributed by atoms with Crippen LogP contribution >= 0.6 is 0 Å². The summed E-state index contributed by atoms with van der Waals surface area (Å²) in [6.07, 6.45) is 8.64. The second-order valence-electron chi connectivity index (χ2n) is 9.01. The molecule has 0 aromatic carbocycles. The maximum absolute atomic E-state index is 12.9. The molecule has 158 valence electrons. The van der Waals surface area contributed by atoms with E-state index < -0.39 is 5.60 Å². The molecule has 7 nitrogen and oxygen atoms in total. The number of β-amino-alcohol motifs (C(OH)–C–C–N with tert-alkyl or cyclic N) is 1. The zero-order valence-corrected chi connectivity index (χ0v) is 17.6. The van der Waals surface area contributed by atoms with Gasteiger partial charge in [0.05, 0.1) is 23.4 Å². The molecule has 2 fully saturated rings. The number of hydrogen-bond acceptors (Lipinski definition) is 6. The Hall–Kier alpha value is -2.35. The quantitative estimate of drug-likeness (QED) is 0.692. The Morgan fingerprint density at radius 2 is 2.20 bits per heavy atom. The number of aliphatic hydroxyl groups is 1. The van der Waals surface area contributed by atoms with Gasteiger partial charge >= 0.3 is 0 Å². The monoisotopic (exact) mass is 407 g/mol. The first kappa shape index (κ1) is 19.6. The zero-order chi connectivity index (χ0) is 20.9. The van der Waals surface area contributed by atoms with Gasteiger partial charge in [0.15, 0.2) is 5.78 Å². The molecule has 5 rings (SSSR count). The first-order valence-corrected chi connectivity index (χ1v) is 10.9. The molecule has 3 aromatic heterocycles. The topological polar surface area (TPSA) is 85.4 Å². The summed E-state index contributed by atoms with van der Waals surface area (Å²) in [6, 6.07) is 4.03. The number of ketones is 1. The Bertz CT molecular complexity index is 1090. The molecular weight excluding hydrogens is 378 g/mol. The Kier molecular flexibility index (Phi) is 4.84. The van der Waals surface area contributed by atoms with Gasteiger partial charge in [-0.15, -0.1) is 0 Å². The Balaban J connectivity index is 1.50. The van der Waals surface area contributed by atoms with Crippen LogP contribution in [0.15, 0.2) is 30.7 Å². The first-order chi connectivity index (χ1) is 14.5. The standard InChI is InChI=1S/C23H29N5O2/c1-3-20(29)19-12-15(6-10-28(19)27-11-7-23(2,30)14-27)16-4-8-24-18-13-26-22-17(21(16)18)5-9-25-22/h4-5,8-9,13,15,19,30H,3,6-7,10-12,14H2,1-2H3,(H,25,26). The van der Waals surface area contributed by atoms with Crippen molar-refractivity contribution in [2.24, 2.45) is 0 Å². The van der Waals surface area contributed by atoms with E-state index in [1.165, 1.54) is 5.56 Å². The normalized spacial score (nSPS) is 28.5. The number of carbonyl (C=O) groups is 1. The molecule has 2 aliphatic heterocycles. The van der Waals surface area contributed by atoms with E-state index in [1.54, 1.807) is 0 Å². The number of carbonyl (C=O) groups excluding carboxylic acids is 1. The van der Waals surface area contributed by atoms with Crippen LogP contribution in [-0.4, -0.2) is 67.1 Å². The van der Waals surface area contributed by atoms with Gasteiger partial charge in [0, 0.05) is 49.2 Å². The van der Waals surface area contributed by atoms with E-state index in [0.717, 1.165) is 54.3 Å². The molecule has 3 aromatic rings. The lowest BCUT2D eigenvalue weighted by molar-refractivity contribution is -0.139. The van der Waals surface area contributed by atoms with Crippen LogP contribution < -0.4 is 0 Å². The Morgan fingerprint density at radius 3 is 2.97 bits per heavy atom. The van der Waals surface area contributed by atoms with E-state index in [2.05, 4.69) is 37.1 Å². The third-order valence-corrected chi connectivity index (χ3v) is 6.85. The number of hydrazine groups is 1. The lowest BCUT2D eigenvalue weighted by Gasteiger charge is -2.43. The molecule has 0 aliphatic carbocycles. The number of rotatable bonds is 4. The van der Waals surface area contributed by atoms with Gasteiger partial charge in [0.2, 0.25) is 0 Å². The smallest absolute Gasteiger partial charge is 0.151 e. The summed E-state index contributed by atoms with van der Waals surface area (Å²) in [5.41, 5.74) is 2.35. The third kappa shape index (κ3) is 3.31. The van der Waals surface area contributed by atoms with Crippen LogP contribution in [0.4, 0.5) is 0 Å². The van der Waals surface area contributed by atoms with Crippen molar-refractivity contribution in [2.45, 2.75) is 57.1 Å². The molecule has 0 amide bonds. The highest BCUT2D eigenvalue weighted by atomic mass is 16.3. The molecule has 3 unspecified atom stereocenters. The molecule has 0 saturated carbocycles. The molecule has 0 spiro atoms. The predicted octanol–water partition coefficient (Wildman–Crippen LogP) is 3.01. The van der Waals surface area contributed by atoms with Gasteiger partial charge in [-0.05, 0) is 49.8 Å².